The summed E-state index contributed by atoms with van der Waals surface area (Å²) in [6, 6.07) is 0. The SMILES string of the molecule is C=CCC[O-].C=CCC[O-].C=CCC[O-].CC(C)(C)C1=[C]([Zr+3])CC=C1. The van der Waals surface area contributed by atoms with Crippen molar-refractivity contribution in [3.05, 3.63) is 59.0 Å². The predicted octanol–water partition coefficient (Wildman–Crippen LogP) is 2.56. The molecule has 0 unspecified atom stereocenters. The van der Waals surface area contributed by atoms with Gasteiger partial charge in [-0.1, -0.05) is 37.5 Å². The number of hydrogen-bond donors (Lipinski definition) is 0. The van der Waals surface area contributed by atoms with Gasteiger partial charge in [-0.3, -0.25) is 0 Å². The van der Waals surface area contributed by atoms with Crippen LogP contribution in [0.5, 0.6) is 0 Å². The van der Waals surface area contributed by atoms with Crippen LogP contribution in [0.3, 0.4) is 0 Å². The molecule has 0 saturated heterocycles. The van der Waals surface area contributed by atoms with Gasteiger partial charge in [0.25, 0.3) is 0 Å². The van der Waals surface area contributed by atoms with E-state index in [2.05, 4.69) is 52.7 Å². The average Bonchev–Trinajstić information content (AvgIpc) is 2.98. The minimum atomic E-state index is -0.0243. The van der Waals surface area contributed by atoms with Gasteiger partial charge in [0.15, 0.2) is 0 Å². The molecule has 0 heterocycles. The molecule has 0 amide bonds. The Bertz CT molecular complexity index is 367. The van der Waals surface area contributed by atoms with Gasteiger partial charge in [0.2, 0.25) is 0 Å². The molecule has 0 N–H and O–H groups in total. The summed E-state index contributed by atoms with van der Waals surface area (Å²) in [6.07, 6.45) is 12.4. The summed E-state index contributed by atoms with van der Waals surface area (Å²) < 4.78 is 1.62. The van der Waals surface area contributed by atoms with Crippen molar-refractivity contribution < 1.29 is 40.0 Å². The second-order valence-electron chi connectivity index (χ2n) is 6.09. The Morgan fingerprint density at radius 3 is 1.36 bits per heavy atom. The third-order valence-electron chi connectivity index (χ3n) is 2.71. The fourth-order valence-electron chi connectivity index (χ4n) is 1.46. The molecule has 0 saturated carbocycles. The van der Waals surface area contributed by atoms with Crippen molar-refractivity contribution in [2.75, 3.05) is 19.8 Å². The molecule has 3 nitrogen and oxygen atoms in total. The Morgan fingerprint density at radius 1 is 0.920 bits per heavy atom. The van der Waals surface area contributed by atoms with Crippen molar-refractivity contribution in [1.29, 1.82) is 0 Å². The van der Waals surface area contributed by atoms with Crippen LogP contribution in [0.15, 0.2) is 59.0 Å². The standard InChI is InChI=1S/C9H13.3C4H7O.Zr/c1-9(2,3)8-6-4-5-7-8;3*1-2-3-4-5;/h4,6H,5H2,1-3H3;3*2H,1,3-4H2;/q;3*-1;+3. The van der Waals surface area contributed by atoms with Gasteiger partial charge >= 0.3 is 78.3 Å². The van der Waals surface area contributed by atoms with Gasteiger partial charge in [-0.2, -0.15) is 0 Å². The first kappa shape index (κ1) is 29.2. The number of allylic oxidation sites excluding steroid dienone is 4. The molecule has 25 heavy (non-hydrogen) atoms. The van der Waals surface area contributed by atoms with Crippen molar-refractivity contribution in [1.82, 2.24) is 0 Å². The van der Waals surface area contributed by atoms with E-state index in [1.165, 1.54) is 6.42 Å². The monoisotopic (exact) mass is 424 g/mol. The fourth-order valence-corrected chi connectivity index (χ4v) is 2.87. The Balaban J connectivity index is -0.000000279. The quantitative estimate of drug-likeness (QED) is 0.614. The van der Waals surface area contributed by atoms with E-state index in [4.69, 9.17) is 0 Å². The van der Waals surface area contributed by atoms with Gasteiger partial charge in [0.05, 0.1) is 0 Å². The first-order valence-electron chi connectivity index (χ1n) is 8.45. The van der Waals surface area contributed by atoms with Gasteiger partial charge in [-0.05, 0) is 0 Å². The van der Waals surface area contributed by atoms with Crippen LogP contribution in [0.1, 0.15) is 46.5 Å². The van der Waals surface area contributed by atoms with Crippen LogP contribution in [0.25, 0.3) is 0 Å². The van der Waals surface area contributed by atoms with Gasteiger partial charge in [0, 0.05) is 0 Å². The summed E-state index contributed by atoms with van der Waals surface area (Å²) in [5, 5.41) is 28.4. The molecule has 0 aliphatic heterocycles. The van der Waals surface area contributed by atoms with Gasteiger partial charge in [0.1, 0.15) is 0 Å². The molecule has 0 radical (unpaired) electrons. The Labute approximate surface area is 170 Å². The maximum atomic E-state index is 9.46. The molecule has 0 aromatic rings. The summed E-state index contributed by atoms with van der Waals surface area (Å²) in [5.74, 6) is 0. The molecule has 1 rings (SSSR count). The van der Waals surface area contributed by atoms with E-state index in [0.29, 0.717) is 24.7 Å². The number of hydrogen-bond acceptors (Lipinski definition) is 3. The molecule has 1 aliphatic carbocycles. The van der Waals surface area contributed by atoms with Crippen LogP contribution in [-0.4, -0.2) is 19.8 Å². The fraction of sp³-hybridized carbons (Fsp3) is 0.524. The van der Waals surface area contributed by atoms with Crippen LogP contribution in [-0.2, 0) is 24.7 Å². The molecule has 1 aliphatic rings. The summed E-state index contributed by atoms with van der Waals surface area (Å²) in [4.78, 5) is 0. The summed E-state index contributed by atoms with van der Waals surface area (Å²) in [6.45, 7) is 16.8. The van der Waals surface area contributed by atoms with E-state index < -0.39 is 0 Å². The van der Waals surface area contributed by atoms with E-state index in [9.17, 15) is 15.3 Å². The van der Waals surface area contributed by atoms with E-state index in [0.717, 1.165) is 0 Å². The second kappa shape index (κ2) is 21.5. The van der Waals surface area contributed by atoms with Crippen LogP contribution >= 0.6 is 0 Å². The molecule has 140 valence electrons. The zero-order valence-corrected chi connectivity index (χ0v) is 18.6. The van der Waals surface area contributed by atoms with Gasteiger partial charge in [-0.25, -0.2) is 0 Å². The Morgan fingerprint density at radius 2 is 1.28 bits per heavy atom. The van der Waals surface area contributed by atoms with E-state index in [1.807, 2.05) is 0 Å². The molecule has 0 aromatic heterocycles. The molecule has 0 bridgehead atoms. The molecule has 0 atom stereocenters. The zero-order chi connectivity index (χ0) is 20.1. The maximum absolute atomic E-state index is 9.46. The second-order valence-corrected chi connectivity index (χ2v) is 7.58. The molecular formula is C21H34O3Zr. The first-order chi connectivity index (χ1) is 11.8. The van der Waals surface area contributed by atoms with Crippen LogP contribution in [0, 0.1) is 5.41 Å². The van der Waals surface area contributed by atoms with Gasteiger partial charge in [-0.15, -0.1) is 39.6 Å². The zero-order valence-electron chi connectivity index (χ0n) is 16.2. The van der Waals surface area contributed by atoms with Crippen molar-refractivity contribution >= 4 is 0 Å². The molecular weight excluding hydrogens is 391 g/mol. The normalized spacial score (nSPS) is 12.0. The average molecular weight is 426 g/mol. The summed E-state index contributed by atoms with van der Waals surface area (Å²) in [7, 11) is 0. The number of rotatable bonds is 6. The molecule has 0 aromatic carbocycles. The van der Waals surface area contributed by atoms with E-state index >= 15 is 0 Å². The Hall–Kier alpha value is -0.537. The van der Waals surface area contributed by atoms with Crippen molar-refractivity contribution in [2.45, 2.75) is 46.5 Å². The van der Waals surface area contributed by atoms with Crippen molar-refractivity contribution in [3.63, 3.8) is 0 Å². The van der Waals surface area contributed by atoms with Crippen LogP contribution in [0.2, 0.25) is 0 Å². The third kappa shape index (κ3) is 23.5. The predicted molar refractivity (Wildman–Crippen MR) is 99.3 cm³/mol. The van der Waals surface area contributed by atoms with Gasteiger partial charge < -0.3 is 15.3 Å². The molecule has 0 spiro atoms. The Kier molecular flexibility index (Phi) is 25.1. The van der Waals surface area contributed by atoms with Crippen molar-refractivity contribution in [3.8, 4) is 0 Å². The topological polar surface area (TPSA) is 69.2 Å². The van der Waals surface area contributed by atoms with Crippen LogP contribution in [0.4, 0.5) is 0 Å². The summed E-state index contributed by atoms with van der Waals surface area (Å²) >= 11 is 1.58. The summed E-state index contributed by atoms with van der Waals surface area (Å²) in [5.41, 5.74) is 1.93. The molecule has 0 fully saturated rings. The molecule has 4 heteroatoms. The minimum absolute atomic E-state index is 0.0243. The van der Waals surface area contributed by atoms with Crippen LogP contribution < -0.4 is 15.3 Å². The van der Waals surface area contributed by atoms with E-state index in [-0.39, 0.29) is 19.8 Å². The third-order valence-corrected chi connectivity index (χ3v) is 3.87. The van der Waals surface area contributed by atoms with E-state index in [1.54, 1.807) is 51.8 Å². The first-order valence-corrected chi connectivity index (χ1v) is 9.68. The van der Waals surface area contributed by atoms with Crippen molar-refractivity contribution in [2.24, 2.45) is 5.41 Å².